The Kier molecular flexibility index (Phi) is 4.52. The number of thioether (sulfide) groups is 1. The van der Waals surface area contributed by atoms with E-state index in [4.69, 9.17) is 10.5 Å². The van der Waals surface area contributed by atoms with Gasteiger partial charge in [-0.1, -0.05) is 6.07 Å². The third kappa shape index (κ3) is 3.41. The van der Waals surface area contributed by atoms with Gasteiger partial charge in [0.2, 0.25) is 0 Å². The van der Waals surface area contributed by atoms with E-state index in [1.807, 2.05) is 11.8 Å². The highest BCUT2D eigenvalue weighted by atomic mass is 32.2. The molecule has 2 heterocycles. The molecular formula is C16H21F2NOS. The van der Waals surface area contributed by atoms with Crippen LogP contribution in [0.3, 0.4) is 0 Å². The lowest BCUT2D eigenvalue weighted by atomic mass is 9.80. The van der Waals surface area contributed by atoms with Gasteiger partial charge in [-0.15, -0.1) is 0 Å². The predicted molar refractivity (Wildman–Crippen MR) is 81.4 cm³/mol. The Morgan fingerprint density at radius 2 is 2.29 bits per heavy atom. The van der Waals surface area contributed by atoms with Crippen molar-refractivity contribution in [1.82, 2.24) is 0 Å². The summed E-state index contributed by atoms with van der Waals surface area (Å²) in [5.41, 5.74) is 6.81. The lowest BCUT2D eigenvalue weighted by molar-refractivity contribution is -0.0831. The minimum absolute atomic E-state index is 0.00740. The molecule has 0 saturated carbocycles. The highest BCUT2D eigenvalue weighted by Crippen LogP contribution is 2.41. The average molecular weight is 313 g/mol. The molecule has 0 bridgehead atoms. The van der Waals surface area contributed by atoms with Gasteiger partial charge in [0.25, 0.3) is 0 Å². The molecule has 2 aliphatic heterocycles. The summed E-state index contributed by atoms with van der Waals surface area (Å²) in [7, 11) is 0. The molecule has 2 N–H and O–H groups in total. The molecule has 0 radical (unpaired) electrons. The fourth-order valence-electron chi connectivity index (χ4n) is 3.40. The van der Waals surface area contributed by atoms with Crippen LogP contribution in [0.15, 0.2) is 18.2 Å². The van der Waals surface area contributed by atoms with Gasteiger partial charge in [0.1, 0.15) is 11.6 Å². The fraction of sp³-hybridized carbons (Fsp3) is 0.625. The molecule has 0 amide bonds. The van der Waals surface area contributed by atoms with Crippen molar-refractivity contribution in [2.45, 2.75) is 37.3 Å². The summed E-state index contributed by atoms with van der Waals surface area (Å²) in [4.78, 5) is 0. The zero-order valence-electron chi connectivity index (χ0n) is 12.0. The molecule has 2 nitrogen and oxygen atoms in total. The molecule has 0 aromatic heterocycles. The van der Waals surface area contributed by atoms with Crippen molar-refractivity contribution < 1.29 is 13.5 Å². The zero-order chi connectivity index (χ0) is 14.9. The van der Waals surface area contributed by atoms with E-state index in [9.17, 15) is 8.78 Å². The smallest absolute Gasteiger partial charge is 0.129 e. The van der Waals surface area contributed by atoms with Crippen molar-refractivity contribution in [1.29, 1.82) is 0 Å². The Labute approximate surface area is 128 Å². The molecule has 1 aromatic carbocycles. The largest absolute Gasteiger partial charge is 0.374 e. The minimum Gasteiger partial charge on any atom is -0.374 e. The van der Waals surface area contributed by atoms with Crippen LogP contribution in [0.2, 0.25) is 0 Å². The standard InChI is InChI=1S/C16H21F2NOS/c17-13-2-1-11(14(18)8-13)7-15(19)12-3-5-20-16(9-12)4-6-21-10-16/h1-2,8,12,15H,3-7,9-10,19H2. The first-order valence-electron chi connectivity index (χ1n) is 7.49. The van der Waals surface area contributed by atoms with Crippen LogP contribution in [0.4, 0.5) is 8.78 Å². The second-order valence-electron chi connectivity index (χ2n) is 6.19. The lowest BCUT2D eigenvalue weighted by Crippen LogP contribution is -2.46. The summed E-state index contributed by atoms with van der Waals surface area (Å²) in [6.45, 7) is 0.741. The predicted octanol–water partition coefficient (Wildman–Crippen LogP) is 3.14. The summed E-state index contributed by atoms with van der Waals surface area (Å²) in [6.07, 6.45) is 3.44. The SMILES string of the molecule is NC(Cc1ccc(F)cc1F)C1CCOC2(CCSC2)C1. The number of nitrogens with two attached hydrogens (primary N) is 1. The number of benzene rings is 1. The zero-order valence-corrected chi connectivity index (χ0v) is 12.8. The van der Waals surface area contributed by atoms with E-state index >= 15 is 0 Å². The maximum atomic E-state index is 13.7. The van der Waals surface area contributed by atoms with E-state index < -0.39 is 11.6 Å². The van der Waals surface area contributed by atoms with Gasteiger partial charge >= 0.3 is 0 Å². The van der Waals surface area contributed by atoms with E-state index in [0.29, 0.717) is 17.9 Å². The van der Waals surface area contributed by atoms with Crippen LogP contribution in [0.25, 0.3) is 0 Å². The molecule has 2 saturated heterocycles. The molecular weight excluding hydrogens is 292 g/mol. The van der Waals surface area contributed by atoms with Crippen molar-refractivity contribution >= 4 is 11.8 Å². The summed E-state index contributed by atoms with van der Waals surface area (Å²) >= 11 is 1.93. The number of hydrogen-bond acceptors (Lipinski definition) is 3. The maximum absolute atomic E-state index is 13.7. The number of hydrogen-bond donors (Lipinski definition) is 1. The third-order valence-electron chi connectivity index (χ3n) is 4.67. The van der Waals surface area contributed by atoms with E-state index in [1.54, 1.807) is 0 Å². The molecule has 3 atom stereocenters. The van der Waals surface area contributed by atoms with Gasteiger partial charge in [0.15, 0.2) is 0 Å². The van der Waals surface area contributed by atoms with E-state index in [2.05, 4.69) is 0 Å². The molecule has 3 rings (SSSR count). The second-order valence-corrected chi connectivity index (χ2v) is 7.30. The number of rotatable bonds is 3. The molecule has 116 valence electrons. The van der Waals surface area contributed by atoms with Crippen LogP contribution in [0.1, 0.15) is 24.8 Å². The highest BCUT2D eigenvalue weighted by Gasteiger charge is 2.41. The van der Waals surface area contributed by atoms with Crippen molar-refractivity contribution in [2.24, 2.45) is 11.7 Å². The van der Waals surface area contributed by atoms with Gasteiger partial charge in [-0.3, -0.25) is 0 Å². The quantitative estimate of drug-likeness (QED) is 0.931. The van der Waals surface area contributed by atoms with Gasteiger partial charge in [-0.2, -0.15) is 11.8 Å². The van der Waals surface area contributed by atoms with Crippen LogP contribution in [0, 0.1) is 17.6 Å². The van der Waals surface area contributed by atoms with Gasteiger partial charge < -0.3 is 10.5 Å². The normalized spacial score (nSPS) is 30.7. The fourth-order valence-corrected chi connectivity index (χ4v) is 4.78. The highest BCUT2D eigenvalue weighted by molar-refractivity contribution is 7.99. The molecule has 21 heavy (non-hydrogen) atoms. The van der Waals surface area contributed by atoms with Crippen LogP contribution in [0.5, 0.6) is 0 Å². The minimum atomic E-state index is -0.544. The Hall–Kier alpha value is -0.650. The molecule has 3 unspecified atom stereocenters. The van der Waals surface area contributed by atoms with E-state index in [0.717, 1.165) is 43.4 Å². The average Bonchev–Trinajstić information content (AvgIpc) is 2.90. The first kappa shape index (κ1) is 15.3. The first-order chi connectivity index (χ1) is 10.1. The summed E-state index contributed by atoms with van der Waals surface area (Å²) in [5.74, 6) is 1.50. The Morgan fingerprint density at radius 1 is 1.43 bits per heavy atom. The molecule has 5 heteroatoms. The van der Waals surface area contributed by atoms with Gasteiger partial charge in [0.05, 0.1) is 5.60 Å². The number of ether oxygens (including phenoxy) is 1. The van der Waals surface area contributed by atoms with Crippen LogP contribution >= 0.6 is 11.8 Å². The molecule has 2 aliphatic rings. The Bertz CT molecular complexity index is 505. The third-order valence-corrected chi connectivity index (χ3v) is 5.90. The Morgan fingerprint density at radius 3 is 3.00 bits per heavy atom. The van der Waals surface area contributed by atoms with Crippen molar-refractivity contribution in [3.63, 3.8) is 0 Å². The summed E-state index contributed by atoms with van der Waals surface area (Å²) in [6, 6.07) is 3.63. The molecule has 1 aromatic rings. The number of halogens is 2. The Balaban J connectivity index is 1.65. The molecule has 1 spiro atoms. The van der Waals surface area contributed by atoms with Crippen LogP contribution in [-0.4, -0.2) is 29.8 Å². The van der Waals surface area contributed by atoms with E-state index in [1.165, 1.54) is 12.1 Å². The summed E-state index contributed by atoms with van der Waals surface area (Å²) < 4.78 is 32.7. The lowest BCUT2D eigenvalue weighted by Gasteiger charge is -2.40. The van der Waals surface area contributed by atoms with E-state index in [-0.39, 0.29) is 11.6 Å². The monoisotopic (exact) mass is 313 g/mol. The van der Waals surface area contributed by atoms with Crippen molar-refractivity contribution in [3.8, 4) is 0 Å². The van der Waals surface area contributed by atoms with Crippen LogP contribution in [-0.2, 0) is 11.2 Å². The van der Waals surface area contributed by atoms with Gasteiger partial charge in [-0.05, 0) is 49.0 Å². The van der Waals surface area contributed by atoms with Gasteiger partial charge in [-0.25, -0.2) is 8.78 Å². The summed E-state index contributed by atoms with van der Waals surface area (Å²) in [5, 5.41) is 0. The van der Waals surface area contributed by atoms with Crippen molar-refractivity contribution in [2.75, 3.05) is 18.1 Å². The maximum Gasteiger partial charge on any atom is 0.129 e. The van der Waals surface area contributed by atoms with Crippen molar-refractivity contribution in [3.05, 3.63) is 35.4 Å². The van der Waals surface area contributed by atoms with Gasteiger partial charge in [0, 0.05) is 24.5 Å². The molecule has 0 aliphatic carbocycles. The second kappa shape index (κ2) is 6.23. The first-order valence-corrected chi connectivity index (χ1v) is 8.65. The topological polar surface area (TPSA) is 35.2 Å². The molecule has 2 fully saturated rings. The van der Waals surface area contributed by atoms with Crippen LogP contribution < -0.4 is 5.73 Å².